The monoisotopic (exact) mass is 287 g/mol. The van der Waals surface area contributed by atoms with E-state index in [4.69, 9.17) is 5.11 Å². The first-order valence-corrected chi connectivity index (χ1v) is 6.35. The summed E-state index contributed by atoms with van der Waals surface area (Å²) in [4.78, 5) is 29.9. The van der Waals surface area contributed by atoms with E-state index in [0.717, 1.165) is 0 Å². The number of rotatable bonds is 4. The lowest BCUT2D eigenvalue weighted by Gasteiger charge is -2.02. The fraction of sp³-hybridized carbons (Fsp3) is 0.231. The second-order valence-corrected chi connectivity index (χ2v) is 4.67. The molecule has 0 fully saturated rings. The van der Waals surface area contributed by atoms with E-state index in [-0.39, 0.29) is 11.3 Å². The number of hydrogen-bond donors (Lipinski definition) is 2. The van der Waals surface area contributed by atoms with E-state index >= 15 is 0 Å². The van der Waals surface area contributed by atoms with Crippen LogP contribution < -0.4 is 5.69 Å². The highest BCUT2D eigenvalue weighted by molar-refractivity contribution is 6.00. The number of H-pyrrole nitrogens is 1. The first-order chi connectivity index (χ1) is 10.1. The van der Waals surface area contributed by atoms with E-state index in [1.165, 1.54) is 10.6 Å². The largest absolute Gasteiger partial charge is 0.478 e. The Morgan fingerprint density at radius 2 is 2.24 bits per heavy atom. The third-order valence-corrected chi connectivity index (χ3v) is 3.25. The molecule has 2 heterocycles. The summed E-state index contributed by atoms with van der Waals surface area (Å²) in [5.41, 5.74) is 0.647. The van der Waals surface area contributed by atoms with Crippen molar-refractivity contribution >= 4 is 17.0 Å². The third-order valence-electron chi connectivity index (χ3n) is 3.25. The number of fused-ring (bicyclic) bond motifs is 1. The summed E-state index contributed by atoms with van der Waals surface area (Å²) >= 11 is 0. The summed E-state index contributed by atoms with van der Waals surface area (Å²) in [5, 5.41) is 13.3. The lowest BCUT2D eigenvalue weighted by Crippen LogP contribution is -2.18. The van der Waals surface area contributed by atoms with E-state index in [1.54, 1.807) is 30.2 Å². The van der Waals surface area contributed by atoms with Crippen LogP contribution in [-0.2, 0) is 20.0 Å². The fourth-order valence-corrected chi connectivity index (χ4v) is 2.29. The summed E-state index contributed by atoms with van der Waals surface area (Å²) in [7, 11) is 1.77. The van der Waals surface area contributed by atoms with Crippen molar-refractivity contribution in [3.05, 3.63) is 46.4 Å². The Bertz CT molecular complexity index is 873. The number of aromatic carboxylic acids is 1. The lowest BCUT2D eigenvalue weighted by molar-refractivity contribution is 0.0699. The van der Waals surface area contributed by atoms with Gasteiger partial charge in [-0.15, -0.1) is 0 Å². The number of carboxylic acids is 1. The predicted molar refractivity (Wildman–Crippen MR) is 74.2 cm³/mol. The molecule has 0 aliphatic carbocycles. The first-order valence-electron chi connectivity index (χ1n) is 6.35. The average Bonchev–Trinajstić information content (AvgIpc) is 2.98. The van der Waals surface area contributed by atoms with E-state index in [0.29, 0.717) is 29.8 Å². The van der Waals surface area contributed by atoms with E-state index in [1.807, 2.05) is 0 Å². The number of aromatic amines is 1. The minimum Gasteiger partial charge on any atom is -0.478 e. The van der Waals surface area contributed by atoms with Gasteiger partial charge in [0.15, 0.2) is 5.82 Å². The van der Waals surface area contributed by atoms with Crippen LogP contribution in [0.3, 0.4) is 0 Å². The predicted octanol–water partition coefficient (Wildman–Crippen LogP) is 0.399. The molecule has 3 aromatic rings. The molecule has 3 rings (SSSR count). The van der Waals surface area contributed by atoms with Gasteiger partial charge in [-0.3, -0.25) is 9.25 Å². The number of benzene rings is 1. The maximum atomic E-state index is 12.0. The lowest BCUT2D eigenvalue weighted by atomic mass is 10.2. The van der Waals surface area contributed by atoms with Crippen molar-refractivity contribution in [2.45, 2.75) is 13.0 Å². The standard InChI is InChI=1S/C13H13N5O3/c1-17-7-14-10(16-17)5-6-18-9-4-2-3-8(12(19)20)11(9)15-13(18)21/h2-4,7H,5-6H2,1H3,(H,15,21)(H,19,20). The molecular weight excluding hydrogens is 274 g/mol. The molecule has 21 heavy (non-hydrogen) atoms. The molecule has 0 atom stereocenters. The summed E-state index contributed by atoms with van der Waals surface area (Å²) in [6, 6.07) is 4.80. The van der Waals surface area contributed by atoms with E-state index < -0.39 is 5.97 Å². The van der Waals surface area contributed by atoms with Gasteiger partial charge in [0.2, 0.25) is 0 Å². The van der Waals surface area contributed by atoms with Gasteiger partial charge >= 0.3 is 11.7 Å². The summed E-state index contributed by atoms with van der Waals surface area (Å²) < 4.78 is 3.09. The highest BCUT2D eigenvalue weighted by atomic mass is 16.4. The minimum absolute atomic E-state index is 0.0827. The summed E-state index contributed by atoms with van der Waals surface area (Å²) in [5.74, 6) is -0.437. The molecule has 0 aliphatic rings. The molecule has 0 unspecified atom stereocenters. The number of nitrogens with one attached hydrogen (secondary N) is 1. The van der Waals surface area contributed by atoms with Crippen LogP contribution in [0.25, 0.3) is 11.0 Å². The molecule has 8 nitrogen and oxygen atoms in total. The number of aryl methyl sites for hydroxylation is 3. The minimum atomic E-state index is -1.07. The van der Waals surface area contributed by atoms with Crippen LogP contribution in [0.5, 0.6) is 0 Å². The molecule has 2 aromatic heterocycles. The normalized spacial score (nSPS) is 11.1. The van der Waals surface area contributed by atoms with Crippen molar-refractivity contribution in [2.75, 3.05) is 0 Å². The fourth-order valence-electron chi connectivity index (χ4n) is 2.29. The maximum absolute atomic E-state index is 12.0. The number of carboxylic acid groups (broad SMARTS) is 1. The van der Waals surface area contributed by atoms with Crippen LogP contribution in [0, 0.1) is 0 Å². The number of para-hydroxylation sites is 1. The zero-order chi connectivity index (χ0) is 15.0. The van der Waals surface area contributed by atoms with E-state index in [9.17, 15) is 9.59 Å². The van der Waals surface area contributed by atoms with Crippen molar-refractivity contribution < 1.29 is 9.90 Å². The zero-order valence-corrected chi connectivity index (χ0v) is 11.3. The first kappa shape index (κ1) is 13.1. The SMILES string of the molecule is Cn1cnc(CCn2c(=O)[nH]c3c(C(=O)O)cccc32)n1. The number of aromatic nitrogens is 5. The van der Waals surface area contributed by atoms with Crippen LogP contribution in [-0.4, -0.2) is 35.4 Å². The molecule has 0 amide bonds. The Morgan fingerprint density at radius 3 is 2.90 bits per heavy atom. The molecular formula is C13H13N5O3. The molecule has 0 aliphatic heterocycles. The average molecular weight is 287 g/mol. The van der Waals surface area contributed by atoms with Crippen LogP contribution in [0.1, 0.15) is 16.2 Å². The summed E-state index contributed by atoms with van der Waals surface area (Å²) in [6.45, 7) is 0.381. The topological polar surface area (TPSA) is 106 Å². The number of hydrogen-bond acceptors (Lipinski definition) is 4. The van der Waals surface area contributed by atoms with Crippen molar-refractivity contribution in [2.24, 2.45) is 7.05 Å². The van der Waals surface area contributed by atoms with Gasteiger partial charge in [0.25, 0.3) is 0 Å². The van der Waals surface area contributed by atoms with Gasteiger partial charge in [0.1, 0.15) is 6.33 Å². The number of nitrogens with zero attached hydrogens (tertiary/aromatic N) is 4. The number of carbonyl (C=O) groups is 1. The van der Waals surface area contributed by atoms with Crippen LogP contribution >= 0.6 is 0 Å². The van der Waals surface area contributed by atoms with Crippen molar-refractivity contribution in [3.63, 3.8) is 0 Å². The zero-order valence-electron chi connectivity index (χ0n) is 11.3. The Balaban J connectivity index is 1.99. The summed E-state index contributed by atoms with van der Waals surface area (Å²) in [6.07, 6.45) is 2.08. The Kier molecular flexibility index (Phi) is 3.05. The molecule has 0 saturated heterocycles. The third kappa shape index (κ3) is 2.31. The van der Waals surface area contributed by atoms with Gasteiger partial charge in [-0.1, -0.05) is 6.07 Å². The van der Waals surface area contributed by atoms with Crippen molar-refractivity contribution in [1.82, 2.24) is 24.3 Å². The molecule has 0 bridgehead atoms. The Morgan fingerprint density at radius 1 is 1.43 bits per heavy atom. The second-order valence-electron chi connectivity index (χ2n) is 4.67. The van der Waals surface area contributed by atoms with Gasteiger partial charge in [-0.25, -0.2) is 14.6 Å². The number of imidazole rings is 1. The molecule has 0 radical (unpaired) electrons. The highest BCUT2D eigenvalue weighted by Gasteiger charge is 2.14. The quantitative estimate of drug-likeness (QED) is 0.722. The van der Waals surface area contributed by atoms with Crippen LogP contribution in [0.15, 0.2) is 29.3 Å². The van der Waals surface area contributed by atoms with Crippen LogP contribution in [0.4, 0.5) is 0 Å². The smallest absolute Gasteiger partial charge is 0.337 e. The van der Waals surface area contributed by atoms with Gasteiger partial charge in [-0.2, -0.15) is 5.10 Å². The molecule has 2 N–H and O–H groups in total. The van der Waals surface area contributed by atoms with Crippen LogP contribution in [0.2, 0.25) is 0 Å². The van der Waals surface area contributed by atoms with Crippen molar-refractivity contribution in [3.8, 4) is 0 Å². The molecule has 108 valence electrons. The molecule has 0 saturated carbocycles. The molecule has 0 spiro atoms. The van der Waals surface area contributed by atoms with Gasteiger partial charge in [0, 0.05) is 20.0 Å². The maximum Gasteiger partial charge on any atom is 0.337 e. The highest BCUT2D eigenvalue weighted by Crippen LogP contribution is 2.15. The van der Waals surface area contributed by atoms with Gasteiger partial charge in [-0.05, 0) is 12.1 Å². The van der Waals surface area contributed by atoms with Crippen molar-refractivity contribution in [1.29, 1.82) is 0 Å². The Labute approximate surface area is 118 Å². The van der Waals surface area contributed by atoms with Gasteiger partial charge in [0.05, 0.1) is 16.6 Å². The van der Waals surface area contributed by atoms with E-state index in [2.05, 4.69) is 15.1 Å². The Hall–Kier alpha value is -2.90. The second kappa shape index (κ2) is 4.89. The molecule has 1 aromatic carbocycles. The van der Waals surface area contributed by atoms with Gasteiger partial charge < -0.3 is 10.1 Å². The molecule has 8 heteroatoms.